The molecule has 0 bridgehead atoms. The van der Waals surface area contributed by atoms with Gasteiger partial charge in [-0.2, -0.15) is 0 Å². The van der Waals surface area contributed by atoms with Gasteiger partial charge in [0.2, 0.25) is 0 Å². The molecule has 0 rings (SSSR count). The van der Waals surface area contributed by atoms with Gasteiger partial charge in [-0.25, -0.2) is 0 Å². The van der Waals surface area contributed by atoms with Crippen molar-refractivity contribution < 1.29 is 1310 Å². The largest absolute Gasteiger partial charge is 0.412 e. The third-order valence-electron chi connectivity index (χ3n) is 0. The minimum atomic E-state index is 0. The van der Waals surface area contributed by atoms with E-state index in [2.05, 4.69) is 0 Å². The van der Waals surface area contributed by atoms with E-state index in [1.165, 1.54) is 0 Å². The van der Waals surface area contributed by atoms with Crippen molar-refractivity contribution in [3.05, 3.63) is 0 Å². The van der Waals surface area contributed by atoms with E-state index in [1.807, 2.05) is 0 Å². The molecular weight excluding hydrogens is 4990 g/mol. The summed E-state index contributed by atoms with van der Waals surface area (Å²) in [6.07, 6.45) is 0. The maximum absolute atomic E-state index is 0. The normalized spacial score (nSPS) is 0. The van der Waals surface area contributed by atoms with Crippen molar-refractivity contribution in [1.29, 1.82) is 0 Å². The molecule has 0 amide bonds. The molecule has 0 aromatic carbocycles. The van der Waals surface area contributed by atoms with Crippen molar-refractivity contribution in [3.63, 3.8) is 0 Å². The molecule has 0 heterocycles. The summed E-state index contributed by atoms with van der Waals surface area (Å²) in [5, 5.41) is 0. The first-order valence-corrected chi connectivity index (χ1v) is 0. The Labute approximate surface area is 1270 Å². The predicted molar refractivity (Wildman–Crippen MR) is 202 cm³/mol. The topological polar surface area (TPSA) is 1760 Å². The minimum Gasteiger partial charge on any atom is -0.412 e. The fourth-order valence-corrected chi connectivity index (χ4v) is 0. The van der Waals surface area contributed by atoms with Crippen LogP contribution in [-0.4, -0.2) is 307 Å². The van der Waals surface area contributed by atoms with E-state index >= 15 is 0 Å². The zero-order valence-corrected chi connectivity index (χ0v) is 138. The average Bonchev–Trinajstić information content (AvgIpc) is 0. The van der Waals surface area contributed by atoms with Gasteiger partial charge < -0.3 is 307 Å². The van der Waals surface area contributed by atoms with Crippen LogP contribution >= 0.6 is 0 Å². The van der Waals surface area contributed by atoms with Crippen LogP contribution in [-0.2, 0) is 590 Å². The van der Waals surface area contributed by atoms with Crippen molar-refractivity contribution in [2.45, 2.75) is 0 Å². The number of hydrogen-bond donors (Lipinski definition) is 0. The summed E-state index contributed by atoms with van der Waals surface area (Å²) < 4.78 is 0. The van der Waals surface area contributed by atoms with Crippen LogP contribution < -0.4 is 0 Å². The van der Waals surface area contributed by atoms with Gasteiger partial charge in [-0.15, -0.1) is 0 Å². The van der Waals surface area contributed by atoms with Crippen LogP contribution in [0.2, 0.25) is 0 Å². The van der Waals surface area contributed by atoms with E-state index in [1.54, 1.807) is 0 Å². The second-order valence-corrected chi connectivity index (χ2v) is 0. The van der Waals surface area contributed by atoms with Gasteiger partial charge >= 0.3 is 0 Å². The van der Waals surface area contributed by atoms with Crippen molar-refractivity contribution in [2.24, 2.45) is 0 Å². The second-order valence-electron chi connectivity index (χ2n) is 0. The van der Waals surface area contributed by atoms with Crippen LogP contribution in [0.3, 0.4) is 0 Å². The number of rotatable bonds is 0. The molecule has 0 aliphatic carbocycles. The predicted octanol–water partition coefficient (Wildman–Crippen LogP) is -46.3. The van der Waals surface area contributed by atoms with Crippen molar-refractivity contribution in [2.75, 3.05) is 0 Å². The third-order valence-corrected chi connectivity index (χ3v) is 0. The van der Waals surface area contributed by atoms with E-state index in [4.69, 9.17) is 0 Å². The summed E-state index contributed by atoms with van der Waals surface area (Å²) in [4.78, 5) is 0. The molecular formula is H112Mo28O56Pr10. The Bertz CT molecular complexity index is 123. The van der Waals surface area contributed by atoms with E-state index in [0.717, 1.165) is 0 Å². The van der Waals surface area contributed by atoms with E-state index in [0.29, 0.717) is 0 Å². The molecule has 0 aromatic heterocycles. The molecule has 0 aromatic rings. The van der Waals surface area contributed by atoms with Crippen LogP contribution in [0, 0.1) is 413 Å². The Morgan fingerprint density at radius 3 is 0.0319 bits per heavy atom. The van der Waals surface area contributed by atoms with Gasteiger partial charge in [-0.3, -0.25) is 0 Å². The van der Waals surface area contributed by atoms with Gasteiger partial charge in [0.25, 0.3) is 0 Å². The molecule has 646 valence electrons. The standard InChI is InChI=1S/28Mo.56H2O.10Pr/h;;;;;;;;;;;;;;;;;;;;;;;;;;;;56*1H2;;;;;;;;;;. The smallest absolute Gasteiger partial charge is 0 e. The van der Waals surface area contributed by atoms with Crippen LogP contribution in [0.25, 0.3) is 0 Å². The second kappa shape index (κ2) is 1980. The fraction of sp³-hybridized carbons (Fsp3) is 0. The summed E-state index contributed by atoms with van der Waals surface area (Å²) in [5.74, 6) is 0. The Morgan fingerprint density at radius 2 is 0.0319 bits per heavy atom. The molecule has 0 fully saturated rings. The summed E-state index contributed by atoms with van der Waals surface area (Å²) in [5.41, 5.74) is 0. The van der Waals surface area contributed by atoms with Crippen LogP contribution in [0.1, 0.15) is 0 Å². The van der Waals surface area contributed by atoms with Gasteiger partial charge in [0.1, 0.15) is 0 Å². The molecule has 112 N–H and O–H groups in total. The average molecular weight is 5100 g/mol. The Morgan fingerprint density at radius 1 is 0.0319 bits per heavy atom. The van der Waals surface area contributed by atoms with E-state index in [-0.39, 0.29) is 1310 Å². The summed E-state index contributed by atoms with van der Waals surface area (Å²) >= 11 is 0. The molecule has 0 unspecified atom stereocenters. The van der Waals surface area contributed by atoms with Crippen molar-refractivity contribution >= 4 is 0 Å². The van der Waals surface area contributed by atoms with E-state index in [9.17, 15) is 0 Å². The Kier molecular flexibility index (Phi) is 42700. The maximum Gasteiger partial charge on any atom is 0 e. The first-order valence-electron chi connectivity index (χ1n) is 0. The molecule has 94 heavy (non-hydrogen) atoms. The molecule has 0 saturated carbocycles. The zero-order valence-electron chi connectivity index (χ0n) is 45.2. The first kappa shape index (κ1) is 2030. The molecule has 94 heteroatoms. The minimum absolute atomic E-state index is 0. The van der Waals surface area contributed by atoms with Crippen LogP contribution in [0.4, 0.5) is 0 Å². The van der Waals surface area contributed by atoms with Gasteiger partial charge in [-0.05, 0) is 0 Å². The summed E-state index contributed by atoms with van der Waals surface area (Å²) in [7, 11) is 0. The van der Waals surface area contributed by atoms with Gasteiger partial charge in [-0.1, -0.05) is 0 Å². The quantitative estimate of drug-likeness (QED) is 0.204. The Balaban J connectivity index is 0. The molecule has 0 aliphatic rings. The first-order chi connectivity index (χ1) is 0. The molecule has 0 spiro atoms. The number of hydrogen-bond acceptors (Lipinski definition) is 0. The third kappa shape index (κ3) is 1930. The van der Waals surface area contributed by atoms with Gasteiger partial charge in [0.15, 0.2) is 0 Å². The van der Waals surface area contributed by atoms with Crippen LogP contribution in [0.5, 0.6) is 0 Å². The Hall–Kier alpha value is 30.7. The summed E-state index contributed by atoms with van der Waals surface area (Å²) in [6, 6.07) is 0. The van der Waals surface area contributed by atoms with Gasteiger partial charge in [0, 0.05) is 1000 Å². The molecule has 56 nitrogen and oxygen atoms in total. The fourth-order valence-electron chi connectivity index (χ4n) is 0. The van der Waals surface area contributed by atoms with Crippen molar-refractivity contribution in [3.8, 4) is 0 Å². The molecule has 10 radical (unpaired) electrons. The zero-order chi connectivity index (χ0) is 0. The van der Waals surface area contributed by atoms with Gasteiger partial charge in [0.05, 0.1) is 0 Å². The summed E-state index contributed by atoms with van der Waals surface area (Å²) in [6.45, 7) is 0. The molecule has 0 atom stereocenters. The monoisotopic (exact) mass is 5160 g/mol. The molecule has 0 aliphatic heterocycles. The van der Waals surface area contributed by atoms with E-state index < -0.39 is 0 Å². The van der Waals surface area contributed by atoms with Crippen LogP contribution in [0.15, 0.2) is 0 Å². The van der Waals surface area contributed by atoms with Crippen molar-refractivity contribution in [1.82, 2.24) is 0 Å². The SMILES string of the molecule is O.O.O.O.O.O.O.O.O.O.O.O.O.O.O.O.O.O.O.O.O.O.O.O.O.O.O.O.O.O.O.O.O.O.O.O.O.O.O.O.O.O.O.O.O.O.O.O.O.O.O.O.O.O.O.O.[Mo].[Mo].[Mo].[Mo].[Mo].[Mo].[Mo].[Mo].[Mo].[Mo].[Mo].[Mo].[Mo].[Mo].[Mo].[Mo].[Mo].[Mo].[Mo].[Mo].[Mo].[Mo].[Mo].[Mo].[Mo].[Mo].[Mo].[Mo].[Pr].[Pr].[Pr].[Pr].[Pr].[Pr].[Pr].[Pr].[Pr].[Pr]. The maximum atomic E-state index is 0. The molecule has 0 saturated heterocycles.